The topological polar surface area (TPSA) is 29.5 Å². The second-order valence-electron chi connectivity index (χ2n) is 6.83. The molecule has 0 aliphatic rings. The number of esters is 1. The van der Waals surface area contributed by atoms with E-state index in [1.807, 2.05) is 21.0 Å². The number of hydrogen-bond donors (Lipinski definition) is 0. The van der Waals surface area contributed by atoms with E-state index in [1.54, 1.807) is 0 Å². The summed E-state index contributed by atoms with van der Waals surface area (Å²) < 4.78 is 6.17. The summed E-state index contributed by atoms with van der Waals surface area (Å²) in [6, 6.07) is 0. The van der Waals surface area contributed by atoms with E-state index >= 15 is 0 Å². The molecule has 0 aromatic rings. The van der Waals surface area contributed by atoms with Crippen LogP contribution in [0.25, 0.3) is 0 Å². The van der Waals surface area contributed by atoms with Gasteiger partial charge in [-0.1, -0.05) is 34.6 Å². The average molecular weight is 299 g/mol. The van der Waals surface area contributed by atoms with Crippen molar-refractivity contribution in [3.63, 3.8) is 0 Å². The van der Waals surface area contributed by atoms with Crippen LogP contribution in [0.2, 0.25) is 0 Å². The fourth-order valence-corrected chi connectivity index (χ4v) is 3.41. The monoisotopic (exact) mass is 299 g/mol. The molecule has 0 saturated heterocycles. The molecular formula is C18H37NO2. The molecule has 21 heavy (non-hydrogen) atoms. The van der Waals surface area contributed by atoms with E-state index in [2.05, 4.69) is 39.5 Å². The third kappa shape index (κ3) is 4.98. The van der Waals surface area contributed by atoms with Gasteiger partial charge in [0.2, 0.25) is 0 Å². The maximum Gasteiger partial charge on any atom is 0.313 e. The van der Waals surface area contributed by atoms with Crippen LogP contribution in [0.1, 0.15) is 73.6 Å². The molecule has 0 saturated carbocycles. The Morgan fingerprint density at radius 3 is 1.76 bits per heavy atom. The summed E-state index contributed by atoms with van der Waals surface area (Å²) in [6.45, 7) is 13.5. The average Bonchev–Trinajstić information content (AvgIpc) is 2.46. The molecule has 0 amide bonds. The van der Waals surface area contributed by atoms with E-state index in [1.165, 1.54) is 0 Å². The molecule has 0 aromatic carbocycles. The largest absolute Gasteiger partial charge is 0.458 e. The molecule has 0 fully saturated rings. The smallest absolute Gasteiger partial charge is 0.313 e. The van der Waals surface area contributed by atoms with Gasteiger partial charge in [0, 0.05) is 6.54 Å². The van der Waals surface area contributed by atoms with Crippen LogP contribution in [0.4, 0.5) is 0 Å². The van der Waals surface area contributed by atoms with Gasteiger partial charge in [-0.3, -0.25) is 4.79 Å². The SMILES string of the molecule is CCC(CC)C(CC)(CC)OC(=O)C(C)(CC)CN(C)C. The van der Waals surface area contributed by atoms with Gasteiger partial charge in [-0.05, 0) is 59.0 Å². The maximum atomic E-state index is 12.9. The van der Waals surface area contributed by atoms with Crippen molar-refractivity contribution >= 4 is 5.97 Å². The van der Waals surface area contributed by atoms with Crippen molar-refractivity contribution in [1.82, 2.24) is 4.90 Å². The standard InChI is InChI=1S/C18H37NO2/c1-9-15(10-2)18(12-4,13-5)21-16(20)17(6,11-3)14-19(7)8/h15H,9-14H2,1-8H3. The Hall–Kier alpha value is -0.570. The zero-order valence-electron chi connectivity index (χ0n) is 15.6. The second-order valence-corrected chi connectivity index (χ2v) is 6.83. The highest BCUT2D eigenvalue weighted by molar-refractivity contribution is 5.77. The predicted octanol–water partition coefficient (Wildman–Crippen LogP) is 4.50. The first-order chi connectivity index (χ1) is 9.75. The molecule has 0 N–H and O–H groups in total. The summed E-state index contributed by atoms with van der Waals surface area (Å²) in [4.78, 5) is 14.9. The van der Waals surface area contributed by atoms with E-state index in [0.717, 1.165) is 38.6 Å². The molecule has 0 spiro atoms. The maximum absolute atomic E-state index is 12.9. The van der Waals surface area contributed by atoms with Crippen molar-refractivity contribution < 1.29 is 9.53 Å². The molecule has 3 nitrogen and oxygen atoms in total. The fraction of sp³-hybridized carbons (Fsp3) is 0.944. The number of carbonyl (C=O) groups excluding carboxylic acids is 1. The van der Waals surface area contributed by atoms with Gasteiger partial charge in [-0.15, -0.1) is 0 Å². The number of nitrogens with zero attached hydrogens (tertiary/aromatic N) is 1. The van der Waals surface area contributed by atoms with Crippen LogP contribution >= 0.6 is 0 Å². The summed E-state index contributed by atoms with van der Waals surface area (Å²) in [6.07, 6.45) is 4.70. The van der Waals surface area contributed by atoms with Crippen LogP contribution in [-0.2, 0) is 9.53 Å². The third-order valence-corrected chi connectivity index (χ3v) is 5.16. The Morgan fingerprint density at radius 2 is 1.48 bits per heavy atom. The lowest BCUT2D eigenvalue weighted by atomic mass is 9.78. The zero-order chi connectivity index (χ0) is 16.7. The highest BCUT2D eigenvalue weighted by atomic mass is 16.6. The Labute approximate surface area is 132 Å². The minimum absolute atomic E-state index is 0.0331. The second kappa shape index (κ2) is 8.77. The molecule has 0 radical (unpaired) electrons. The first-order valence-corrected chi connectivity index (χ1v) is 8.63. The van der Waals surface area contributed by atoms with Crippen LogP contribution in [0.15, 0.2) is 0 Å². The van der Waals surface area contributed by atoms with Crippen LogP contribution in [0.3, 0.4) is 0 Å². The molecule has 0 rings (SSSR count). The highest BCUT2D eigenvalue weighted by Gasteiger charge is 2.42. The lowest BCUT2D eigenvalue weighted by Gasteiger charge is -2.41. The van der Waals surface area contributed by atoms with Crippen LogP contribution in [-0.4, -0.2) is 37.1 Å². The molecule has 0 aromatic heterocycles. The molecular weight excluding hydrogens is 262 g/mol. The number of ether oxygens (including phenoxy) is 1. The lowest BCUT2D eigenvalue weighted by Crippen LogP contribution is -2.47. The summed E-state index contributed by atoms with van der Waals surface area (Å²) in [5.74, 6) is 0.409. The first-order valence-electron chi connectivity index (χ1n) is 8.63. The van der Waals surface area contributed by atoms with Crippen molar-refractivity contribution in [2.75, 3.05) is 20.6 Å². The van der Waals surface area contributed by atoms with Gasteiger partial charge in [-0.25, -0.2) is 0 Å². The summed E-state index contributed by atoms with van der Waals surface area (Å²) in [7, 11) is 4.02. The highest BCUT2D eigenvalue weighted by Crippen LogP contribution is 2.37. The Kier molecular flexibility index (Phi) is 8.53. The van der Waals surface area contributed by atoms with Gasteiger partial charge in [0.25, 0.3) is 0 Å². The van der Waals surface area contributed by atoms with Crippen molar-refractivity contribution in [2.45, 2.75) is 79.2 Å². The van der Waals surface area contributed by atoms with Crippen LogP contribution in [0, 0.1) is 11.3 Å². The van der Waals surface area contributed by atoms with E-state index in [-0.39, 0.29) is 11.6 Å². The van der Waals surface area contributed by atoms with Crippen molar-refractivity contribution in [3.05, 3.63) is 0 Å². The Bertz CT molecular complexity index is 306. The quantitative estimate of drug-likeness (QED) is 0.556. The molecule has 1 atom stereocenters. The van der Waals surface area contributed by atoms with Gasteiger partial charge in [0.1, 0.15) is 5.60 Å². The van der Waals surface area contributed by atoms with Crippen molar-refractivity contribution in [3.8, 4) is 0 Å². The molecule has 0 heterocycles. The van der Waals surface area contributed by atoms with E-state index in [4.69, 9.17) is 4.74 Å². The van der Waals surface area contributed by atoms with E-state index in [0.29, 0.717) is 5.92 Å². The number of rotatable bonds is 10. The Morgan fingerprint density at radius 1 is 1.00 bits per heavy atom. The van der Waals surface area contributed by atoms with Crippen LogP contribution in [0.5, 0.6) is 0 Å². The normalized spacial score (nSPS) is 15.3. The molecule has 3 heteroatoms. The fourth-order valence-electron chi connectivity index (χ4n) is 3.41. The minimum atomic E-state index is -0.425. The molecule has 0 aliphatic carbocycles. The van der Waals surface area contributed by atoms with Crippen molar-refractivity contribution in [1.29, 1.82) is 0 Å². The lowest BCUT2D eigenvalue weighted by molar-refractivity contribution is -0.181. The van der Waals surface area contributed by atoms with Gasteiger partial charge in [-0.2, -0.15) is 0 Å². The van der Waals surface area contributed by atoms with Crippen LogP contribution < -0.4 is 0 Å². The Balaban J connectivity index is 5.29. The first kappa shape index (κ1) is 20.4. The van der Waals surface area contributed by atoms with Gasteiger partial charge in [0.05, 0.1) is 5.41 Å². The molecule has 1 unspecified atom stereocenters. The molecule has 0 bridgehead atoms. The number of carbonyl (C=O) groups is 1. The van der Waals surface area contributed by atoms with E-state index < -0.39 is 5.41 Å². The minimum Gasteiger partial charge on any atom is -0.458 e. The molecule has 126 valence electrons. The summed E-state index contributed by atoms with van der Waals surface area (Å²) >= 11 is 0. The summed E-state index contributed by atoms with van der Waals surface area (Å²) in [5.41, 5.74) is -0.728. The third-order valence-electron chi connectivity index (χ3n) is 5.16. The zero-order valence-corrected chi connectivity index (χ0v) is 15.6. The summed E-state index contributed by atoms with van der Waals surface area (Å²) in [5, 5.41) is 0. The number of hydrogen-bond acceptors (Lipinski definition) is 3. The van der Waals surface area contributed by atoms with Gasteiger partial charge >= 0.3 is 5.97 Å². The predicted molar refractivity (Wildman–Crippen MR) is 90.4 cm³/mol. The van der Waals surface area contributed by atoms with E-state index in [9.17, 15) is 4.79 Å². The van der Waals surface area contributed by atoms with Gasteiger partial charge < -0.3 is 9.64 Å². The van der Waals surface area contributed by atoms with Crippen molar-refractivity contribution in [2.24, 2.45) is 11.3 Å². The van der Waals surface area contributed by atoms with Gasteiger partial charge in [0.15, 0.2) is 0 Å². The molecule has 0 aliphatic heterocycles.